The highest BCUT2D eigenvalue weighted by Crippen LogP contribution is 2.34. The van der Waals surface area contributed by atoms with E-state index in [9.17, 15) is 9.59 Å². The molecule has 0 fully saturated rings. The number of rotatable bonds is 4. The van der Waals surface area contributed by atoms with Gasteiger partial charge in [0.15, 0.2) is 5.75 Å². The number of amides is 1. The lowest BCUT2D eigenvalue weighted by Gasteiger charge is -2.29. The number of hydrogen-bond donors (Lipinski definition) is 1. The number of aromatic nitrogens is 1. The number of aryl methyl sites for hydroxylation is 1. The van der Waals surface area contributed by atoms with Crippen LogP contribution in [0.4, 0.5) is 11.4 Å². The van der Waals surface area contributed by atoms with E-state index in [2.05, 4.69) is 24.4 Å². The molecule has 1 amide bonds. The molecule has 3 aromatic carbocycles. The van der Waals surface area contributed by atoms with Gasteiger partial charge in [0.05, 0.1) is 22.4 Å². The molecule has 0 saturated heterocycles. The van der Waals surface area contributed by atoms with E-state index in [4.69, 9.17) is 21.3 Å². The number of carbonyl (C=O) groups excluding carboxylic acids is 2. The second-order valence-corrected chi connectivity index (χ2v) is 9.02. The highest BCUT2D eigenvalue weighted by molar-refractivity contribution is 7.21. The first-order valence-electron chi connectivity index (χ1n) is 9.97. The molecule has 1 aliphatic heterocycles. The first-order chi connectivity index (χ1) is 15.4. The number of anilines is 2. The summed E-state index contributed by atoms with van der Waals surface area (Å²) < 4.78 is 6.38. The van der Waals surface area contributed by atoms with Gasteiger partial charge in [-0.2, -0.15) is 0 Å². The van der Waals surface area contributed by atoms with Crippen molar-refractivity contribution in [3.63, 3.8) is 0 Å². The molecular weight excluding hydrogens is 446 g/mol. The molecule has 0 saturated carbocycles. The normalized spacial score (nSPS) is 13.1. The predicted octanol–water partition coefficient (Wildman–Crippen LogP) is 5.29. The van der Waals surface area contributed by atoms with Gasteiger partial charge in [-0.3, -0.25) is 4.79 Å². The lowest BCUT2D eigenvalue weighted by atomic mass is 10.2. The van der Waals surface area contributed by atoms with Gasteiger partial charge in [0.1, 0.15) is 11.6 Å². The summed E-state index contributed by atoms with van der Waals surface area (Å²) in [7, 11) is 0. The van der Waals surface area contributed by atoms with Crippen molar-refractivity contribution < 1.29 is 14.3 Å². The van der Waals surface area contributed by atoms with Gasteiger partial charge in [0.25, 0.3) is 0 Å². The zero-order valence-electron chi connectivity index (χ0n) is 17.1. The van der Waals surface area contributed by atoms with Crippen molar-refractivity contribution in [2.45, 2.75) is 6.92 Å². The molecule has 1 aliphatic rings. The first kappa shape index (κ1) is 20.5. The molecule has 0 atom stereocenters. The summed E-state index contributed by atoms with van der Waals surface area (Å²) in [5.41, 5.74) is 4.46. The average Bonchev–Trinajstić information content (AvgIpc) is 3.18. The van der Waals surface area contributed by atoms with Gasteiger partial charge in [-0.05, 0) is 67.1 Å². The summed E-state index contributed by atoms with van der Waals surface area (Å²) in [6, 6.07) is 18.7. The number of nitrogens with zero attached hydrogens (tertiary/aromatic N) is 2. The fourth-order valence-corrected chi connectivity index (χ4v) is 4.82. The smallest absolute Gasteiger partial charge is 0.331 e. The molecule has 0 unspecified atom stereocenters. The number of nitrogens with one attached hydrogen (secondary N) is 1. The Kier molecular flexibility index (Phi) is 5.28. The summed E-state index contributed by atoms with van der Waals surface area (Å²) in [4.78, 5) is 30.9. The molecular formula is C24H18ClN3O3S. The van der Waals surface area contributed by atoms with E-state index in [-0.39, 0.29) is 19.0 Å². The van der Waals surface area contributed by atoms with Crippen LogP contribution in [-0.4, -0.2) is 29.9 Å². The van der Waals surface area contributed by atoms with E-state index in [0.717, 1.165) is 20.8 Å². The second kappa shape index (κ2) is 8.26. The molecule has 0 aliphatic carbocycles. The minimum Gasteiger partial charge on any atom is -0.423 e. The largest absolute Gasteiger partial charge is 0.423 e. The van der Waals surface area contributed by atoms with Crippen LogP contribution < -0.4 is 15.0 Å². The number of hydrogen-bond acceptors (Lipinski definition) is 6. The topological polar surface area (TPSA) is 71.5 Å². The van der Waals surface area contributed by atoms with Crippen LogP contribution in [-0.2, 0) is 9.59 Å². The highest BCUT2D eigenvalue weighted by Gasteiger charge is 2.26. The monoisotopic (exact) mass is 463 g/mol. The molecule has 0 bridgehead atoms. The summed E-state index contributed by atoms with van der Waals surface area (Å²) >= 11 is 7.71. The fourth-order valence-electron chi connectivity index (χ4n) is 3.59. The Balaban J connectivity index is 1.29. The number of esters is 1. The van der Waals surface area contributed by atoms with Gasteiger partial charge in [-0.15, -0.1) is 11.3 Å². The highest BCUT2D eigenvalue weighted by atomic mass is 35.5. The third-order valence-corrected chi connectivity index (χ3v) is 6.40. The molecule has 0 spiro atoms. The molecule has 6 nitrogen and oxygen atoms in total. The lowest BCUT2D eigenvalue weighted by molar-refractivity contribution is -0.133. The number of fused-ring (bicyclic) bond motifs is 2. The van der Waals surface area contributed by atoms with E-state index in [1.807, 2.05) is 30.3 Å². The summed E-state index contributed by atoms with van der Waals surface area (Å²) in [6.45, 7) is 2.05. The zero-order chi connectivity index (χ0) is 22.2. The van der Waals surface area contributed by atoms with E-state index in [1.54, 1.807) is 34.4 Å². The molecule has 1 aromatic heterocycles. The van der Waals surface area contributed by atoms with E-state index in [1.165, 1.54) is 5.56 Å². The Morgan fingerprint density at radius 3 is 2.78 bits per heavy atom. The van der Waals surface area contributed by atoms with Gasteiger partial charge in [0.2, 0.25) is 5.91 Å². The van der Waals surface area contributed by atoms with Gasteiger partial charge in [-0.1, -0.05) is 17.7 Å². The maximum Gasteiger partial charge on any atom is 0.331 e. The molecule has 1 N–H and O–H groups in total. The van der Waals surface area contributed by atoms with Crippen LogP contribution in [0.15, 0.2) is 60.7 Å². The first-order valence-corrected chi connectivity index (χ1v) is 11.2. The van der Waals surface area contributed by atoms with Crippen molar-refractivity contribution in [1.29, 1.82) is 0 Å². The van der Waals surface area contributed by atoms with Crippen molar-refractivity contribution in [3.8, 4) is 16.3 Å². The van der Waals surface area contributed by atoms with Gasteiger partial charge >= 0.3 is 5.97 Å². The molecule has 160 valence electrons. The minimum atomic E-state index is -0.414. The van der Waals surface area contributed by atoms with Crippen LogP contribution in [0.5, 0.6) is 5.75 Å². The molecule has 2 heterocycles. The number of benzene rings is 3. The van der Waals surface area contributed by atoms with Crippen LogP contribution >= 0.6 is 22.9 Å². The predicted molar refractivity (Wildman–Crippen MR) is 128 cm³/mol. The SMILES string of the molecule is Cc1ccc2nc(-c3ccc(NC(=O)CN4CC(=O)Oc5ccc(Cl)cc54)cc3)sc2c1. The molecule has 32 heavy (non-hydrogen) atoms. The Morgan fingerprint density at radius 2 is 1.97 bits per heavy atom. The van der Waals surface area contributed by atoms with Crippen molar-refractivity contribution >= 4 is 56.4 Å². The van der Waals surface area contributed by atoms with Crippen molar-refractivity contribution in [1.82, 2.24) is 4.98 Å². The van der Waals surface area contributed by atoms with Gasteiger partial charge < -0.3 is 15.0 Å². The van der Waals surface area contributed by atoms with Crippen LogP contribution in [0.3, 0.4) is 0 Å². The molecule has 4 aromatic rings. The van der Waals surface area contributed by atoms with E-state index in [0.29, 0.717) is 22.1 Å². The summed E-state index contributed by atoms with van der Waals surface area (Å²) in [5.74, 6) is -0.259. The van der Waals surface area contributed by atoms with Crippen molar-refractivity contribution in [2.24, 2.45) is 0 Å². The van der Waals surface area contributed by atoms with Crippen LogP contribution in [0.2, 0.25) is 5.02 Å². The van der Waals surface area contributed by atoms with Crippen molar-refractivity contribution in [3.05, 3.63) is 71.2 Å². The maximum atomic E-state index is 12.6. The summed E-state index contributed by atoms with van der Waals surface area (Å²) in [5, 5.41) is 4.32. The Morgan fingerprint density at radius 1 is 1.16 bits per heavy atom. The minimum absolute atomic E-state index is 0.00140. The molecule has 8 heteroatoms. The molecule has 5 rings (SSSR count). The number of thiazole rings is 1. The second-order valence-electron chi connectivity index (χ2n) is 7.56. The number of carbonyl (C=O) groups is 2. The Labute approximate surface area is 193 Å². The van der Waals surface area contributed by atoms with E-state index < -0.39 is 5.97 Å². The van der Waals surface area contributed by atoms with Crippen molar-refractivity contribution in [2.75, 3.05) is 23.3 Å². The van der Waals surface area contributed by atoms with Crippen LogP contribution in [0.25, 0.3) is 20.8 Å². The number of halogens is 1. The maximum absolute atomic E-state index is 12.6. The van der Waals surface area contributed by atoms with Crippen LogP contribution in [0, 0.1) is 6.92 Å². The average molecular weight is 464 g/mol. The third-order valence-electron chi connectivity index (χ3n) is 5.10. The number of ether oxygens (including phenoxy) is 1. The van der Waals surface area contributed by atoms with E-state index >= 15 is 0 Å². The lowest BCUT2D eigenvalue weighted by Crippen LogP contribution is -2.41. The van der Waals surface area contributed by atoms with Gasteiger partial charge in [-0.25, -0.2) is 9.78 Å². The fraction of sp³-hybridized carbons (Fsp3) is 0.125. The standard InChI is InChI=1S/C24H18ClN3O3S/c1-14-2-8-18-21(10-14)32-24(27-18)15-3-6-17(7-4-15)26-22(29)12-28-13-23(30)31-20-9-5-16(25)11-19(20)28/h2-11H,12-13H2,1H3,(H,26,29). The third kappa shape index (κ3) is 4.17. The zero-order valence-corrected chi connectivity index (χ0v) is 18.7. The van der Waals surface area contributed by atoms with Crippen LogP contribution in [0.1, 0.15) is 5.56 Å². The molecule has 0 radical (unpaired) electrons. The Hall–Kier alpha value is -3.42. The Bertz CT molecular complexity index is 1350. The quantitative estimate of drug-likeness (QED) is 0.329. The van der Waals surface area contributed by atoms with Gasteiger partial charge in [0, 0.05) is 16.3 Å². The summed E-state index contributed by atoms with van der Waals surface area (Å²) in [6.07, 6.45) is 0.